The van der Waals surface area contributed by atoms with Crippen LogP contribution in [0.1, 0.15) is 11.1 Å². The Labute approximate surface area is 126 Å². The quantitative estimate of drug-likeness (QED) is 0.650. The summed E-state index contributed by atoms with van der Waals surface area (Å²) >= 11 is 6.37. The minimum Gasteiger partial charge on any atom is -0.372 e. The summed E-state index contributed by atoms with van der Waals surface area (Å²) in [6, 6.07) is 10.1. The van der Waals surface area contributed by atoms with Crippen molar-refractivity contribution in [1.29, 1.82) is 0 Å². The fourth-order valence-electron chi connectivity index (χ4n) is 1.60. The summed E-state index contributed by atoms with van der Waals surface area (Å²) in [7, 11) is 0. The van der Waals surface area contributed by atoms with Crippen molar-refractivity contribution in [2.75, 3.05) is 0 Å². The van der Waals surface area contributed by atoms with Crippen LogP contribution in [0.4, 0.5) is 8.78 Å². The van der Waals surface area contributed by atoms with Crippen LogP contribution in [0.5, 0.6) is 0 Å². The van der Waals surface area contributed by atoms with Crippen LogP contribution in [0.25, 0.3) is 0 Å². The Balaban J connectivity index is 2.02. The van der Waals surface area contributed by atoms with Gasteiger partial charge in [0.1, 0.15) is 11.6 Å². The molecule has 0 spiro atoms. The van der Waals surface area contributed by atoms with Gasteiger partial charge < -0.3 is 4.74 Å². The highest BCUT2D eigenvalue weighted by Crippen LogP contribution is 2.22. The lowest BCUT2D eigenvalue weighted by Crippen LogP contribution is -2.01. The van der Waals surface area contributed by atoms with Gasteiger partial charge >= 0.3 is 0 Å². The fourth-order valence-corrected chi connectivity index (χ4v) is 2.42. The SMILES string of the molecule is Fc1ccc(Br)c(F)c1COCc1cccc(Br)c1. The summed E-state index contributed by atoms with van der Waals surface area (Å²) in [6.07, 6.45) is 0. The lowest BCUT2D eigenvalue weighted by Gasteiger charge is -2.08. The van der Waals surface area contributed by atoms with E-state index in [0.29, 0.717) is 6.61 Å². The first-order valence-electron chi connectivity index (χ1n) is 5.52. The number of rotatable bonds is 4. The predicted molar refractivity (Wildman–Crippen MR) is 76.7 cm³/mol. The molecule has 0 radical (unpaired) electrons. The summed E-state index contributed by atoms with van der Waals surface area (Å²) in [5, 5.41) is 0. The van der Waals surface area contributed by atoms with Crippen molar-refractivity contribution < 1.29 is 13.5 Å². The first-order chi connectivity index (χ1) is 9.08. The van der Waals surface area contributed by atoms with Gasteiger partial charge in [-0.05, 0) is 45.8 Å². The minimum absolute atomic E-state index is 0.0654. The van der Waals surface area contributed by atoms with E-state index < -0.39 is 11.6 Å². The molecule has 100 valence electrons. The molecule has 0 amide bonds. The van der Waals surface area contributed by atoms with E-state index in [1.807, 2.05) is 24.3 Å². The Morgan fingerprint density at radius 3 is 2.53 bits per heavy atom. The van der Waals surface area contributed by atoms with E-state index in [9.17, 15) is 8.78 Å². The maximum Gasteiger partial charge on any atom is 0.145 e. The molecule has 0 aliphatic heterocycles. The maximum atomic E-state index is 13.7. The molecular weight excluding hydrogens is 382 g/mol. The lowest BCUT2D eigenvalue weighted by atomic mass is 10.2. The monoisotopic (exact) mass is 390 g/mol. The molecule has 5 heteroatoms. The Morgan fingerprint density at radius 1 is 1.00 bits per heavy atom. The zero-order valence-electron chi connectivity index (χ0n) is 9.80. The average molecular weight is 392 g/mol. The molecule has 0 unspecified atom stereocenters. The van der Waals surface area contributed by atoms with Crippen molar-refractivity contribution in [3.05, 3.63) is 68.1 Å². The number of benzene rings is 2. The molecule has 1 nitrogen and oxygen atoms in total. The van der Waals surface area contributed by atoms with Crippen molar-refractivity contribution in [2.24, 2.45) is 0 Å². The van der Waals surface area contributed by atoms with E-state index in [0.717, 1.165) is 10.0 Å². The topological polar surface area (TPSA) is 9.23 Å². The van der Waals surface area contributed by atoms with Crippen LogP contribution in [0.15, 0.2) is 45.3 Å². The molecule has 0 aliphatic carbocycles. The first kappa shape index (κ1) is 14.6. The molecule has 0 bridgehead atoms. The molecule has 0 N–H and O–H groups in total. The van der Waals surface area contributed by atoms with Gasteiger partial charge in [-0.1, -0.05) is 28.1 Å². The Bertz CT molecular complexity index is 588. The highest BCUT2D eigenvalue weighted by atomic mass is 79.9. The molecule has 19 heavy (non-hydrogen) atoms. The second-order valence-corrected chi connectivity index (χ2v) is 5.71. The van der Waals surface area contributed by atoms with Gasteiger partial charge in [0.05, 0.1) is 23.2 Å². The van der Waals surface area contributed by atoms with Gasteiger partial charge in [-0.25, -0.2) is 8.78 Å². The normalized spacial score (nSPS) is 10.7. The van der Waals surface area contributed by atoms with Crippen LogP contribution in [-0.2, 0) is 18.0 Å². The number of hydrogen-bond acceptors (Lipinski definition) is 1. The van der Waals surface area contributed by atoms with E-state index in [1.54, 1.807) is 0 Å². The fraction of sp³-hybridized carbons (Fsp3) is 0.143. The van der Waals surface area contributed by atoms with Gasteiger partial charge in [-0.3, -0.25) is 0 Å². The number of halogens is 4. The molecule has 2 aromatic carbocycles. The highest BCUT2D eigenvalue weighted by Gasteiger charge is 2.12. The molecule has 0 atom stereocenters. The summed E-state index contributed by atoms with van der Waals surface area (Å²) in [6.45, 7) is 0.189. The second-order valence-electron chi connectivity index (χ2n) is 3.94. The summed E-state index contributed by atoms with van der Waals surface area (Å²) in [5.74, 6) is -1.22. The smallest absolute Gasteiger partial charge is 0.145 e. The van der Waals surface area contributed by atoms with Crippen LogP contribution < -0.4 is 0 Å². The average Bonchev–Trinajstić information content (AvgIpc) is 2.38. The van der Waals surface area contributed by atoms with Crippen molar-refractivity contribution in [3.8, 4) is 0 Å². The molecule has 0 aromatic heterocycles. The third-order valence-electron chi connectivity index (χ3n) is 2.54. The van der Waals surface area contributed by atoms with Gasteiger partial charge in [-0.2, -0.15) is 0 Å². The third kappa shape index (κ3) is 3.84. The molecule has 0 heterocycles. The predicted octanol–water partition coefficient (Wildman–Crippen LogP) is 5.21. The molecule has 0 saturated carbocycles. The summed E-state index contributed by atoms with van der Waals surface area (Å²) in [5.41, 5.74) is 0.870. The van der Waals surface area contributed by atoms with Crippen molar-refractivity contribution in [2.45, 2.75) is 13.2 Å². The van der Waals surface area contributed by atoms with Crippen molar-refractivity contribution in [1.82, 2.24) is 0 Å². The van der Waals surface area contributed by atoms with E-state index in [2.05, 4.69) is 31.9 Å². The maximum absolute atomic E-state index is 13.7. The van der Waals surface area contributed by atoms with E-state index >= 15 is 0 Å². The van der Waals surface area contributed by atoms with Crippen LogP contribution in [0.3, 0.4) is 0 Å². The molecule has 2 aromatic rings. The van der Waals surface area contributed by atoms with Gasteiger partial charge in [0.2, 0.25) is 0 Å². The third-order valence-corrected chi connectivity index (χ3v) is 3.65. The summed E-state index contributed by atoms with van der Waals surface area (Å²) in [4.78, 5) is 0. The van der Waals surface area contributed by atoms with Crippen LogP contribution >= 0.6 is 31.9 Å². The Hall–Kier alpha value is -0.780. The zero-order valence-corrected chi connectivity index (χ0v) is 13.0. The van der Waals surface area contributed by atoms with E-state index in [4.69, 9.17) is 4.74 Å². The number of hydrogen-bond donors (Lipinski definition) is 0. The van der Waals surface area contributed by atoms with E-state index in [1.165, 1.54) is 12.1 Å². The van der Waals surface area contributed by atoms with Gasteiger partial charge in [-0.15, -0.1) is 0 Å². The Morgan fingerprint density at radius 2 is 1.79 bits per heavy atom. The zero-order chi connectivity index (χ0) is 13.8. The van der Waals surface area contributed by atoms with Crippen molar-refractivity contribution in [3.63, 3.8) is 0 Å². The van der Waals surface area contributed by atoms with Crippen LogP contribution in [0, 0.1) is 11.6 Å². The number of ether oxygens (including phenoxy) is 1. The lowest BCUT2D eigenvalue weighted by molar-refractivity contribution is 0.102. The minimum atomic E-state index is -0.616. The van der Waals surface area contributed by atoms with Crippen LogP contribution in [0.2, 0.25) is 0 Å². The standard InChI is InChI=1S/C14H10Br2F2O/c15-10-3-1-2-9(6-10)7-19-8-11-13(17)5-4-12(16)14(11)18/h1-6H,7-8H2. The highest BCUT2D eigenvalue weighted by molar-refractivity contribution is 9.10. The second kappa shape index (κ2) is 6.59. The largest absolute Gasteiger partial charge is 0.372 e. The van der Waals surface area contributed by atoms with Gasteiger partial charge in [0.25, 0.3) is 0 Å². The molecular formula is C14H10Br2F2O. The van der Waals surface area contributed by atoms with Crippen LogP contribution in [-0.4, -0.2) is 0 Å². The Kier molecular flexibility index (Phi) is 5.07. The molecule has 0 aliphatic rings. The molecule has 0 fully saturated rings. The van der Waals surface area contributed by atoms with E-state index in [-0.39, 0.29) is 16.6 Å². The summed E-state index contributed by atoms with van der Waals surface area (Å²) < 4.78 is 33.7. The first-order valence-corrected chi connectivity index (χ1v) is 7.11. The molecule has 0 saturated heterocycles. The van der Waals surface area contributed by atoms with Gasteiger partial charge in [0, 0.05) is 4.47 Å². The molecule has 2 rings (SSSR count). The van der Waals surface area contributed by atoms with Gasteiger partial charge in [0.15, 0.2) is 0 Å². The van der Waals surface area contributed by atoms with Crippen molar-refractivity contribution >= 4 is 31.9 Å².